The topological polar surface area (TPSA) is 21.3 Å². The van der Waals surface area contributed by atoms with Crippen LogP contribution in [0.3, 0.4) is 0 Å². The first-order valence-corrected chi connectivity index (χ1v) is 6.69. The molecular formula is C13H25NO. The van der Waals surface area contributed by atoms with Crippen molar-refractivity contribution in [3.05, 3.63) is 0 Å². The molecule has 3 atom stereocenters. The lowest BCUT2D eigenvalue weighted by atomic mass is 10.0. The molecule has 88 valence electrons. The Balaban J connectivity index is 1.64. The second kappa shape index (κ2) is 5.86. The zero-order chi connectivity index (χ0) is 10.5. The molecule has 2 aliphatic rings. The van der Waals surface area contributed by atoms with Gasteiger partial charge in [0, 0.05) is 19.2 Å². The molecule has 2 rings (SSSR count). The quantitative estimate of drug-likeness (QED) is 0.725. The SMILES string of the molecule is CC1CCCC(NCC2CCCO2)CC1. The fourth-order valence-electron chi connectivity index (χ4n) is 2.79. The third-order valence-corrected chi connectivity index (χ3v) is 3.92. The first-order valence-electron chi connectivity index (χ1n) is 6.69. The molecule has 0 spiro atoms. The second-order valence-electron chi connectivity index (χ2n) is 5.35. The molecule has 1 saturated heterocycles. The maximum absolute atomic E-state index is 5.63. The molecule has 0 aromatic rings. The van der Waals surface area contributed by atoms with Gasteiger partial charge in [-0.2, -0.15) is 0 Å². The van der Waals surface area contributed by atoms with Crippen LogP contribution in [0.2, 0.25) is 0 Å². The minimum Gasteiger partial charge on any atom is -0.377 e. The molecule has 0 radical (unpaired) electrons. The number of hydrogen-bond donors (Lipinski definition) is 1. The van der Waals surface area contributed by atoms with Crippen LogP contribution in [0.25, 0.3) is 0 Å². The molecule has 0 aromatic carbocycles. The average molecular weight is 211 g/mol. The Bertz CT molecular complexity index is 177. The van der Waals surface area contributed by atoms with Crippen LogP contribution in [0.5, 0.6) is 0 Å². The fraction of sp³-hybridized carbons (Fsp3) is 1.00. The highest BCUT2D eigenvalue weighted by Crippen LogP contribution is 2.22. The monoisotopic (exact) mass is 211 g/mol. The highest BCUT2D eigenvalue weighted by Gasteiger charge is 2.19. The molecule has 0 aromatic heterocycles. The summed E-state index contributed by atoms with van der Waals surface area (Å²) >= 11 is 0. The van der Waals surface area contributed by atoms with Crippen molar-refractivity contribution in [1.29, 1.82) is 0 Å². The number of nitrogens with one attached hydrogen (secondary N) is 1. The second-order valence-corrected chi connectivity index (χ2v) is 5.35. The van der Waals surface area contributed by atoms with Crippen molar-refractivity contribution in [2.24, 2.45) is 5.92 Å². The van der Waals surface area contributed by atoms with E-state index in [2.05, 4.69) is 12.2 Å². The first-order chi connectivity index (χ1) is 7.34. The van der Waals surface area contributed by atoms with Gasteiger partial charge in [-0.15, -0.1) is 0 Å². The molecule has 15 heavy (non-hydrogen) atoms. The largest absolute Gasteiger partial charge is 0.377 e. The molecule has 1 aliphatic heterocycles. The molecule has 0 bridgehead atoms. The average Bonchev–Trinajstić information content (AvgIpc) is 2.66. The van der Waals surface area contributed by atoms with Crippen LogP contribution in [-0.2, 0) is 4.74 Å². The van der Waals surface area contributed by atoms with Crippen LogP contribution in [0.1, 0.15) is 51.9 Å². The van der Waals surface area contributed by atoms with Crippen LogP contribution < -0.4 is 5.32 Å². The van der Waals surface area contributed by atoms with E-state index in [1.165, 1.54) is 44.9 Å². The van der Waals surface area contributed by atoms with Crippen molar-refractivity contribution in [2.45, 2.75) is 64.0 Å². The first kappa shape index (κ1) is 11.4. The van der Waals surface area contributed by atoms with Gasteiger partial charge in [-0.3, -0.25) is 0 Å². The van der Waals surface area contributed by atoms with Crippen molar-refractivity contribution in [1.82, 2.24) is 5.32 Å². The summed E-state index contributed by atoms with van der Waals surface area (Å²) < 4.78 is 5.63. The lowest BCUT2D eigenvalue weighted by molar-refractivity contribution is 0.107. The Kier molecular flexibility index (Phi) is 4.45. The van der Waals surface area contributed by atoms with Crippen molar-refractivity contribution in [3.8, 4) is 0 Å². The molecular weight excluding hydrogens is 186 g/mol. The summed E-state index contributed by atoms with van der Waals surface area (Å²) in [6.07, 6.45) is 10.0. The molecule has 1 aliphatic carbocycles. The summed E-state index contributed by atoms with van der Waals surface area (Å²) in [6.45, 7) is 4.45. The van der Waals surface area contributed by atoms with Gasteiger partial charge in [0.15, 0.2) is 0 Å². The number of ether oxygens (including phenoxy) is 1. The van der Waals surface area contributed by atoms with Crippen LogP contribution in [-0.4, -0.2) is 25.3 Å². The smallest absolute Gasteiger partial charge is 0.0700 e. The summed E-state index contributed by atoms with van der Waals surface area (Å²) in [4.78, 5) is 0. The Hall–Kier alpha value is -0.0800. The van der Waals surface area contributed by atoms with Gasteiger partial charge >= 0.3 is 0 Å². The highest BCUT2D eigenvalue weighted by atomic mass is 16.5. The highest BCUT2D eigenvalue weighted by molar-refractivity contribution is 4.76. The van der Waals surface area contributed by atoms with E-state index in [0.717, 1.165) is 25.1 Å². The van der Waals surface area contributed by atoms with Crippen LogP contribution in [0, 0.1) is 5.92 Å². The predicted molar refractivity (Wildman–Crippen MR) is 63.0 cm³/mol. The summed E-state index contributed by atoms with van der Waals surface area (Å²) in [5.41, 5.74) is 0. The van der Waals surface area contributed by atoms with Gasteiger partial charge in [-0.25, -0.2) is 0 Å². The molecule has 1 heterocycles. The van der Waals surface area contributed by atoms with Crippen molar-refractivity contribution in [2.75, 3.05) is 13.2 Å². The van der Waals surface area contributed by atoms with E-state index < -0.39 is 0 Å². The normalized spacial score (nSPS) is 37.8. The van der Waals surface area contributed by atoms with Crippen molar-refractivity contribution < 1.29 is 4.74 Å². The van der Waals surface area contributed by atoms with Gasteiger partial charge in [-0.05, 0) is 38.0 Å². The Morgan fingerprint density at radius 3 is 2.80 bits per heavy atom. The van der Waals surface area contributed by atoms with Crippen molar-refractivity contribution >= 4 is 0 Å². The predicted octanol–water partition coefficient (Wildman–Crippen LogP) is 2.72. The van der Waals surface area contributed by atoms with Gasteiger partial charge in [0.1, 0.15) is 0 Å². The maximum atomic E-state index is 5.63. The fourth-order valence-corrected chi connectivity index (χ4v) is 2.79. The summed E-state index contributed by atoms with van der Waals surface area (Å²) in [7, 11) is 0. The minimum atomic E-state index is 0.505. The van der Waals surface area contributed by atoms with E-state index in [9.17, 15) is 0 Å². The van der Waals surface area contributed by atoms with Gasteiger partial charge in [0.2, 0.25) is 0 Å². The molecule has 2 nitrogen and oxygen atoms in total. The third-order valence-electron chi connectivity index (χ3n) is 3.92. The van der Waals surface area contributed by atoms with Crippen LogP contribution in [0.4, 0.5) is 0 Å². The Morgan fingerprint density at radius 1 is 1.07 bits per heavy atom. The number of hydrogen-bond acceptors (Lipinski definition) is 2. The molecule has 2 heteroatoms. The molecule has 3 unspecified atom stereocenters. The maximum Gasteiger partial charge on any atom is 0.0700 e. The zero-order valence-electron chi connectivity index (χ0n) is 10.0. The number of rotatable bonds is 3. The van der Waals surface area contributed by atoms with E-state index in [-0.39, 0.29) is 0 Å². The Morgan fingerprint density at radius 2 is 2.00 bits per heavy atom. The van der Waals surface area contributed by atoms with Gasteiger partial charge in [0.05, 0.1) is 6.10 Å². The van der Waals surface area contributed by atoms with E-state index >= 15 is 0 Å². The van der Waals surface area contributed by atoms with E-state index in [1.54, 1.807) is 0 Å². The molecule has 1 N–H and O–H groups in total. The summed E-state index contributed by atoms with van der Waals surface area (Å²) in [6, 6.07) is 0.763. The van der Waals surface area contributed by atoms with Crippen LogP contribution >= 0.6 is 0 Å². The minimum absolute atomic E-state index is 0.505. The van der Waals surface area contributed by atoms with Gasteiger partial charge < -0.3 is 10.1 Å². The molecule has 2 fully saturated rings. The lowest BCUT2D eigenvalue weighted by Crippen LogP contribution is -2.35. The van der Waals surface area contributed by atoms with E-state index in [0.29, 0.717) is 6.10 Å². The van der Waals surface area contributed by atoms with Gasteiger partial charge in [-0.1, -0.05) is 19.8 Å². The van der Waals surface area contributed by atoms with Crippen molar-refractivity contribution in [3.63, 3.8) is 0 Å². The zero-order valence-corrected chi connectivity index (χ0v) is 10.0. The lowest BCUT2D eigenvalue weighted by Gasteiger charge is -2.19. The van der Waals surface area contributed by atoms with Gasteiger partial charge in [0.25, 0.3) is 0 Å². The summed E-state index contributed by atoms with van der Waals surface area (Å²) in [5, 5.41) is 3.70. The summed E-state index contributed by atoms with van der Waals surface area (Å²) in [5.74, 6) is 0.944. The third kappa shape index (κ3) is 3.76. The van der Waals surface area contributed by atoms with Crippen LogP contribution in [0.15, 0.2) is 0 Å². The molecule has 0 amide bonds. The standard InChI is InChI=1S/C13H25NO/c1-11-4-2-5-12(8-7-11)14-10-13-6-3-9-15-13/h11-14H,2-10H2,1H3. The molecule has 1 saturated carbocycles. The van der Waals surface area contributed by atoms with E-state index in [1.807, 2.05) is 0 Å². The Labute approximate surface area is 93.8 Å². The van der Waals surface area contributed by atoms with E-state index in [4.69, 9.17) is 4.74 Å².